The van der Waals surface area contributed by atoms with Crippen molar-refractivity contribution in [3.63, 3.8) is 0 Å². The highest BCUT2D eigenvalue weighted by Crippen LogP contribution is 2.37. The SMILES string of the molecule is CCCC(CCCCCCCCCCC(=O)O)OC1OC(CO)C(O)C(O)C1OC1OC(C)C(OC2OC(C)C(OC3OC(C)C(O)C(O)C3O)C(OC3OC(CO)C(O)C(O)C3O)C2O)C(O)C1O. The van der Waals surface area contributed by atoms with E-state index >= 15 is 0 Å². The minimum absolute atomic E-state index is 0.170. The van der Waals surface area contributed by atoms with Gasteiger partial charge >= 0.3 is 5.97 Å². The summed E-state index contributed by atoms with van der Waals surface area (Å²) < 4.78 is 59.5. The van der Waals surface area contributed by atoms with Crippen molar-refractivity contribution in [1.82, 2.24) is 0 Å². The van der Waals surface area contributed by atoms with Crippen molar-refractivity contribution in [2.75, 3.05) is 13.2 Å². The van der Waals surface area contributed by atoms with Crippen LogP contribution < -0.4 is 0 Å². The summed E-state index contributed by atoms with van der Waals surface area (Å²) in [5.74, 6) is -0.793. The second kappa shape index (κ2) is 27.9. The van der Waals surface area contributed by atoms with Gasteiger partial charge in [-0.15, -0.1) is 0 Å². The maximum Gasteiger partial charge on any atom is 0.303 e. The van der Waals surface area contributed by atoms with E-state index in [-0.39, 0.29) is 6.42 Å². The van der Waals surface area contributed by atoms with Crippen molar-refractivity contribution in [3.05, 3.63) is 0 Å². The zero-order valence-corrected chi connectivity index (χ0v) is 40.2. The third kappa shape index (κ3) is 14.9. The van der Waals surface area contributed by atoms with Crippen LogP contribution in [-0.4, -0.2) is 250 Å². The molecule has 0 bridgehead atoms. The van der Waals surface area contributed by atoms with E-state index < -0.39 is 179 Å². The Labute approximate surface area is 406 Å². The summed E-state index contributed by atoms with van der Waals surface area (Å²) in [6, 6.07) is 0. The van der Waals surface area contributed by atoms with E-state index in [1.54, 1.807) is 0 Å². The number of unbranched alkanes of at least 4 members (excludes halogenated alkanes) is 7. The Morgan fingerprint density at radius 1 is 0.429 bits per heavy atom. The normalized spacial score (nSPS) is 45.4. The fourth-order valence-corrected chi connectivity index (χ4v) is 9.49. The molecule has 5 fully saturated rings. The van der Waals surface area contributed by atoms with Crippen LogP contribution in [0.2, 0.25) is 0 Å². The fraction of sp³-hybridized carbons (Fsp3) is 0.978. The van der Waals surface area contributed by atoms with E-state index in [9.17, 15) is 71.2 Å². The first-order valence-corrected chi connectivity index (χ1v) is 24.7. The van der Waals surface area contributed by atoms with Gasteiger partial charge < -0.3 is 119 Å². The lowest BCUT2D eigenvalue weighted by Gasteiger charge is -2.50. The summed E-state index contributed by atoms with van der Waals surface area (Å²) in [4.78, 5) is 10.7. The van der Waals surface area contributed by atoms with Gasteiger partial charge in [-0.25, -0.2) is 0 Å². The van der Waals surface area contributed by atoms with Crippen LogP contribution in [-0.2, 0) is 52.2 Å². The molecule has 0 amide bonds. The lowest BCUT2D eigenvalue weighted by molar-refractivity contribution is -0.400. The first-order chi connectivity index (χ1) is 33.2. The van der Waals surface area contributed by atoms with E-state index in [2.05, 4.69) is 0 Å². The van der Waals surface area contributed by atoms with Gasteiger partial charge in [-0.1, -0.05) is 58.3 Å². The second-order valence-electron chi connectivity index (χ2n) is 19.2. The summed E-state index contributed by atoms with van der Waals surface area (Å²) in [6.45, 7) is 4.73. The molecule has 0 saturated carbocycles. The van der Waals surface area contributed by atoms with Crippen LogP contribution in [0.5, 0.6) is 0 Å². The van der Waals surface area contributed by atoms with Crippen molar-refractivity contribution < 1.29 is 124 Å². The molecule has 14 N–H and O–H groups in total. The topological polar surface area (TPSA) is 393 Å². The third-order valence-electron chi connectivity index (χ3n) is 13.8. The van der Waals surface area contributed by atoms with Crippen LogP contribution >= 0.6 is 0 Å². The summed E-state index contributed by atoms with van der Waals surface area (Å²) >= 11 is 0. The van der Waals surface area contributed by atoms with Crippen LogP contribution in [0.25, 0.3) is 0 Å². The van der Waals surface area contributed by atoms with Crippen LogP contribution in [0.3, 0.4) is 0 Å². The maximum atomic E-state index is 11.9. The Bertz CT molecular complexity index is 1520. The second-order valence-corrected chi connectivity index (χ2v) is 19.2. The number of ether oxygens (including phenoxy) is 10. The minimum Gasteiger partial charge on any atom is -0.481 e. The van der Waals surface area contributed by atoms with E-state index in [1.165, 1.54) is 20.8 Å². The molecule has 5 heterocycles. The number of rotatable bonds is 25. The van der Waals surface area contributed by atoms with Gasteiger partial charge in [-0.05, 0) is 40.0 Å². The van der Waals surface area contributed by atoms with Gasteiger partial charge in [-0.3, -0.25) is 4.79 Å². The molecule has 26 atom stereocenters. The molecule has 70 heavy (non-hydrogen) atoms. The number of hydrogen-bond acceptors (Lipinski definition) is 24. The number of carboxylic acid groups (broad SMARTS) is 1. The molecule has 0 aromatic heterocycles. The molecule has 0 spiro atoms. The van der Waals surface area contributed by atoms with E-state index in [4.69, 9.17) is 52.5 Å². The molecular weight excluding hydrogens is 940 g/mol. The zero-order valence-electron chi connectivity index (χ0n) is 40.2. The average Bonchev–Trinajstić information content (AvgIpc) is 3.32. The number of aliphatic carboxylic acids is 1. The standard InChI is InChI=1S/C45H80O25/c1-5-14-22(15-12-10-8-6-7-9-11-13-16-25(48)49)64-45-40(31(55)28(52)24(18-47)66-45)70-42-35(59)32(56)37(20(3)62-42)67-44-36(60)39(69-43-34(58)30(54)27(51)23(17-46)65-43)38(21(4)63-44)68-41-33(57)29(53)26(50)19(2)61-41/h19-24,26-47,50-60H,5-18H2,1-4H3,(H,48,49). The highest BCUT2D eigenvalue weighted by Gasteiger charge is 2.56. The third-order valence-corrected chi connectivity index (χ3v) is 13.8. The molecule has 0 aliphatic carbocycles. The summed E-state index contributed by atoms with van der Waals surface area (Å²) in [5.41, 5.74) is 0. The molecule has 26 unspecified atom stereocenters. The summed E-state index contributed by atoms with van der Waals surface area (Å²) in [6.07, 6.45) is -31.7. The molecule has 25 nitrogen and oxygen atoms in total. The van der Waals surface area contributed by atoms with Gasteiger partial charge in [0.05, 0.1) is 37.6 Å². The lowest BCUT2D eigenvalue weighted by atomic mass is 9.95. The Morgan fingerprint density at radius 3 is 1.41 bits per heavy atom. The van der Waals surface area contributed by atoms with Crippen molar-refractivity contribution in [2.24, 2.45) is 0 Å². The number of hydrogen-bond donors (Lipinski definition) is 14. The van der Waals surface area contributed by atoms with Crippen LogP contribution in [0.1, 0.15) is 105 Å². The largest absolute Gasteiger partial charge is 0.481 e. The molecule has 5 aliphatic rings. The predicted octanol–water partition coefficient (Wildman–Crippen LogP) is -3.66. The molecule has 5 aliphatic heterocycles. The highest BCUT2D eigenvalue weighted by atomic mass is 16.8. The van der Waals surface area contributed by atoms with E-state index in [0.717, 1.165) is 51.4 Å². The molecular formula is C45H80O25. The molecule has 5 rings (SSSR count). The molecule has 5 saturated heterocycles. The first-order valence-electron chi connectivity index (χ1n) is 24.7. The lowest BCUT2D eigenvalue weighted by Crippen LogP contribution is -2.67. The van der Waals surface area contributed by atoms with Crippen LogP contribution in [0.15, 0.2) is 0 Å². The number of carboxylic acids is 1. The fourth-order valence-electron chi connectivity index (χ4n) is 9.49. The predicted molar refractivity (Wildman–Crippen MR) is 234 cm³/mol. The average molecular weight is 1020 g/mol. The molecule has 0 aromatic rings. The number of carbonyl (C=O) groups is 1. The summed E-state index contributed by atoms with van der Waals surface area (Å²) in [5, 5.41) is 149. The Balaban J connectivity index is 1.26. The zero-order chi connectivity index (χ0) is 51.6. The molecule has 0 aromatic carbocycles. The van der Waals surface area contributed by atoms with Crippen molar-refractivity contribution in [3.8, 4) is 0 Å². The summed E-state index contributed by atoms with van der Waals surface area (Å²) in [7, 11) is 0. The van der Waals surface area contributed by atoms with E-state index in [0.29, 0.717) is 19.3 Å². The van der Waals surface area contributed by atoms with Gasteiger partial charge in [0.15, 0.2) is 31.5 Å². The van der Waals surface area contributed by atoms with Crippen molar-refractivity contribution >= 4 is 5.97 Å². The van der Waals surface area contributed by atoms with Gasteiger partial charge in [0.1, 0.15) is 104 Å². The smallest absolute Gasteiger partial charge is 0.303 e. The molecule has 410 valence electrons. The first kappa shape index (κ1) is 59.4. The van der Waals surface area contributed by atoms with Crippen molar-refractivity contribution in [2.45, 2.75) is 264 Å². The minimum atomic E-state index is -1.97. The van der Waals surface area contributed by atoms with Crippen LogP contribution in [0, 0.1) is 0 Å². The Hall–Kier alpha value is -1.45. The van der Waals surface area contributed by atoms with Crippen molar-refractivity contribution in [1.29, 1.82) is 0 Å². The van der Waals surface area contributed by atoms with Gasteiger partial charge in [0.25, 0.3) is 0 Å². The number of aliphatic hydroxyl groups is 13. The number of aliphatic hydroxyl groups excluding tert-OH is 13. The molecule has 0 radical (unpaired) electrons. The monoisotopic (exact) mass is 1020 g/mol. The highest BCUT2D eigenvalue weighted by molar-refractivity contribution is 5.66. The van der Waals surface area contributed by atoms with Crippen LogP contribution in [0.4, 0.5) is 0 Å². The molecule has 25 heteroatoms. The van der Waals surface area contributed by atoms with Gasteiger partial charge in [0, 0.05) is 6.42 Å². The Morgan fingerprint density at radius 2 is 0.843 bits per heavy atom. The quantitative estimate of drug-likeness (QED) is 0.0392. The Kier molecular flexibility index (Phi) is 23.7. The van der Waals surface area contributed by atoms with E-state index in [1.807, 2.05) is 6.92 Å². The van der Waals surface area contributed by atoms with Gasteiger partial charge in [0.2, 0.25) is 0 Å². The maximum absolute atomic E-state index is 11.9. The van der Waals surface area contributed by atoms with Gasteiger partial charge in [-0.2, -0.15) is 0 Å².